The number of aliphatic hydroxyl groups is 6. The van der Waals surface area contributed by atoms with Gasteiger partial charge in [0.2, 0.25) is 12.0 Å². The Morgan fingerprint density at radius 3 is 2.09 bits per heavy atom. The van der Waals surface area contributed by atoms with E-state index in [2.05, 4.69) is 0 Å². The van der Waals surface area contributed by atoms with Crippen LogP contribution in [0.2, 0.25) is 0 Å². The zero-order chi connectivity index (χ0) is 42.0. The Morgan fingerprint density at radius 2 is 1.43 bits per heavy atom. The molecule has 10 atom stereocenters. The van der Waals surface area contributed by atoms with E-state index in [9.17, 15) is 60.7 Å². The van der Waals surface area contributed by atoms with Crippen LogP contribution in [0.25, 0.3) is 28.7 Å². The molecule has 2 aromatic carbocycles. The first kappa shape index (κ1) is 41.9. The van der Waals surface area contributed by atoms with Crippen LogP contribution in [0.4, 0.5) is 0 Å². The maximum Gasteiger partial charge on any atom is 0.510 e. The molecule has 2 aromatic rings. The van der Waals surface area contributed by atoms with E-state index in [1.165, 1.54) is 44.6 Å². The summed E-state index contributed by atoms with van der Waals surface area (Å²) in [6.45, 7) is -1.47. The Bertz CT molecular complexity index is 2120. The number of methoxy groups -OCH3 is 2. The Hall–Kier alpha value is -5.68. The summed E-state index contributed by atoms with van der Waals surface area (Å²) in [5.41, 5.74) is -0.213. The first-order valence-corrected chi connectivity index (χ1v) is 17.4. The van der Waals surface area contributed by atoms with Crippen molar-refractivity contribution in [1.82, 2.24) is 0 Å². The molecule has 0 bridgehead atoms. The summed E-state index contributed by atoms with van der Waals surface area (Å²) in [6.07, 6.45) is -15.1. The molecule has 2 fully saturated rings. The molecule has 0 saturated carbocycles. The minimum absolute atomic E-state index is 0.0360. The zero-order valence-corrected chi connectivity index (χ0v) is 30.6. The van der Waals surface area contributed by atoms with Crippen LogP contribution < -0.4 is 19.6 Å². The van der Waals surface area contributed by atoms with Gasteiger partial charge in [-0.2, -0.15) is 0 Å². The normalized spacial score (nSPS) is 27.4. The number of fused-ring (bicyclic) bond motifs is 1. The number of rotatable bonds is 12. The lowest BCUT2D eigenvalue weighted by molar-refractivity contribution is -0.322. The summed E-state index contributed by atoms with van der Waals surface area (Å²) in [5.74, 6) is -3.18. The molecular weight excluding hydrogens is 776 g/mol. The molecule has 0 spiro atoms. The van der Waals surface area contributed by atoms with Gasteiger partial charge in [-0.3, -0.25) is 4.79 Å². The molecule has 1 aliphatic carbocycles. The van der Waals surface area contributed by atoms with Crippen LogP contribution >= 0.6 is 0 Å². The monoisotopic (exact) mass is 817 g/mol. The fraction of sp³-hybridized carbons (Fsp3) is 0.368. The Balaban J connectivity index is 1.32. The topological polar surface area (TPSA) is 319 Å². The Kier molecular flexibility index (Phi) is 12.6. The first-order valence-electron chi connectivity index (χ1n) is 17.4. The van der Waals surface area contributed by atoms with Crippen LogP contribution in [0.5, 0.6) is 40.2 Å². The molecule has 0 radical (unpaired) electrons. The van der Waals surface area contributed by atoms with Gasteiger partial charge in [0, 0.05) is 17.7 Å². The van der Waals surface area contributed by atoms with Crippen LogP contribution in [-0.2, 0) is 18.9 Å². The number of ether oxygens (including phenoxy) is 7. The highest BCUT2D eigenvalue weighted by Crippen LogP contribution is 2.43. The summed E-state index contributed by atoms with van der Waals surface area (Å²) in [6, 6.07) is 9.56. The highest BCUT2D eigenvalue weighted by atomic mass is 16.7. The molecule has 6 rings (SSSR count). The predicted octanol–water partition coefficient (Wildman–Crippen LogP) is -0.506. The van der Waals surface area contributed by atoms with Crippen molar-refractivity contribution >= 4 is 12.0 Å². The lowest BCUT2D eigenvalue weighted by Crippen LogP contribution is -2.63. The van der Waals surface area contributed by atoms with Crippen molar-refractivity contribution in [1.29, 1.82) is 0 Å². The number of hydrogen-bond donors (Lipinski definition) is 10. The summed E-state index contributed by atoms with van der Waals surface area (Å²) in [7, 11) is 2.63. The number of aromatic hydroxyl groups is 4. The minimum atomic E-state index is -2.00. The molecule has 0 aromatic heterocycles. The van der Waals surface area contributed by atoms with Gasteiger partial charge in [-0.25, -0.2) is 0 Å². The fourth-order valence-corrected chi connectivity index (χ4v) is 6.29. The predicted molar refractivity (Wildman–Crippen MR) is 195 cm³/mol. The number of phenols is 4. The van der Waals surface area contributed by atoms with E-state index >= 15 is 0 Å². The number of aliphatic hydroxyl groups excluding tert-OH is 6. The van der Waals surface area contributed by atoms with Gasteiger partial charge in [0.05, 0.1) is 39.1 Å². The first-order chi connectivity index (χ1) is 27.6. The third kappa shape index (κ3) is 8.60. The Morgan fingerprint density at radius 1 is 0.759 bits per heavy atom. The summed E-state index contributed by atoms with van der Waals surface area (Å²) >= 11 is 0. The molecule has 11 N–H and O–H groups in total. The van der Waals surface area contributed by atoms with Gasteiger partial charge >= 0.3 is 5.97 Å². The molecule has 20 nitrogen and oxygen atoms in total. The number of esters is 1. The highest BCUT2D eigenvalue weighted by molar-refractivity contribution is 5.88. The van der Waals surface area contributed by atoms with Crippen molar-refractivity contribution in [3.63, 3.8) is 0 Å². The molecule has 2 saturated heterocycles. The van der Waals surface area contributed by atoms with Crippen LogP contribution in [0, 0.1) is 0 Å². The van der Waals surface area contributed by atoms with Crippen molar-refractivity contribution in [2.75, 3.05) is 27.4 Å². The van der Waals surface area contributed by atoms with E-state index in [0.29, 0.717) is 5.56 Å². The molecule has 3 aliphatic heterocycles. The van der Waals surface area contributed by atoms with Crippen LogP contribution in [0.3, 0.4) is 0 Å². The zero-order valence-electron chi connectivity index (χ0n) is 30.6. The molecule has 3 heterocycles. The summed E-state index contributed by atoms with van der Waals surface area (Å²) < 4.78 is 44.9. The number of phenolic OH excluding ortho intramolecular Hbond substituents is 4. The largest absolute Gasteiger partial charge is 0.510 e. The molecule has 0 amide bonds. The standard InChI is InChI=1S/C38H40O20/c1-51-23-7-15(8-24(52-2)29(23)45)3-6-28(44)58-36-27(14-53-37-33(49)31(47)30(46)26(13-39)56-37)57-38(34(50)32(36)48)55-25-12-18-20(42)10-17(40)11-22(18)54-35(25)16-4-5-19(41)21(43)9-16/h3-12,26-27,30-34,36-39,41-43,45-50H,13-14H2,1-2H3/p+1. The minimum Gasteiger partial charge on any atom is -0.507 e. The smallest absolute Gasteiger partial charge is 0.507 e. The van der Waals surface area contributed by atoms with E-state index in [1.54, 1.807) is 0 Å². The van der Waals surface area contributed by atoms with Crippen molar-refractivity contribution < 1.29 is 93.4 Å². The third-order valence-electron chi connectivity index (χ3n) is 9.38. The van der Waals surface area contributed by atoms with E-state index in [-0.39, 0.29) is 45.6 Å². The maximum absolute atomic E-state index is 12.2. The summed E-state index contributed by atoms with van der Waals surface area (Å²) in [4.78, 5) is 23.0. The van der Waals surface area contributed by atoms with Crippen LogP contribution in [0.15, 0.2) is 63.8 Å². The molecule has 58 heavy (non-hydrogen) atoms. The average Bonchev–Trinajstić information content (AvgIpc) is 3.20. The quantitative estimate of drug-likeness (QED) is 0.0373. The van der Waals surface area contributed by atoms with Crippen LogP contribution in [0.1, 0.15) is 5.56 Å². The molecule has 4 aliphatic rings. The molecule has 10 unspecified atom stereocenters. The third-order valence-corrected chi connectivity index (χ3v) is 9.38. The van der Waals surface area contributed by atoms with E-state index < -0.39 is 103 Å². The average molecular weight is 818 g/mol. The molecule has 312 valence electrons. The number of hydrogen-bond acceptors (Lipinski definition) is 19. The van der Waals surface area contributed by atoms with Crippen molar-refractivity contribution in [2.24, 2.45) is 0 Å². The molecular formula is C38H41O20+. The van der Waals surface area contributed by atoms with E-state index in [1.807, 2.05) is 0 Å². The van der Waals surface area contributed by atoms with Gasteiger partial charge in [-0.1, -0.05) is 0 Å². The number of carbonyl (C=O) groups excluding carboxylic acids is 1. The van der Waals surface area contributed by atoms with Gasteiger partial charge in [0.15, 0.2) is 58.4 Å². The van der Waals surface area contributed by atoms with E-state index in [0.717, 1.165) is 30.3 Å². The second kappa shape index (κ2) is 17.4. The lowest BCUT2D eigenvalue weighted by Gasteiger charge is -2.42. The summed E-state index contributed by atoms with van der Waals surface area (Å²) in [5, 5.41) is 104. The van der Waals surface area contributed by atoms with Crippen molar-refractivity contribution in [3.8, 4) is 62.9 Å². The SMILES string of the molecule is COc1cc(C=CC(=[OH+])OC2C(COC3OC(CO)C(O)C(O)C3O)OC(Oc3cc4c(O)cc(=O)cc-4oc3-c3ccc(O)c(O)c3)C(O)C2O)cc(OC)c1O. The van der Waals surface area contributed by atoms with Gasteiger partial charge in [0.25, 0.3) is 6.10 Å². The van der Waals surface area contributed by atoms with Gasteiger partial charge < -0.3 is 93.4 Å². The Labute approximate surface area is 327 Å². The van der Waals surface area contributed by atoms with Crippen molar-refractivity contribution in [3.05, 3.63) is 70.4 Å². The maximum atomic E-state index is 12.2. The van der Waals surface area contributed by atoms with Gasteiger partial charge in [-0.15, -0.1) is 0 Å². The second-order valence-corrected chi connectivity index (χ2v) is 13.2. The number of benzene rings is 3. The second-order valence-electron chi connectivity index (χ2n) is 13.2. The van der Waals surface area contributed by atoms with Gasteiger partial charge in [-0.05, 0) is 48.0 Å². The fourth-order valence-electron chi connectivity index (χ4n) is 6.29. The van der Waals surface area contributed by atoms with Crippen LogP contribution in [-0.4, -0.2) is 151 Å². The molecule has 20 heteroatoms. The van der Waals surface area contributed by atoms with Gasteiger partial charge in [0.1, 0.15) is 42.0 Å². The lowest BCUT2D eigenvalue weighted by atomic mass is 9.98. The van der Waals surface area contributed by atoms with Crippen molar-refractivity contribution in [2.45, 2.75) is 61.4 Å². The highest BCUT2D eigenvalue weighted by Gasteiger charge is 2.53. The van der Waals surface area contributed by atoms with E-state index in [4.69, 9.17) is 37.6 Å².